The first-order valence-corrected chi connectivity index (χ1v) is 7.69. The summed E-state index contributed by atoms with van der Waals surface area (Å²) in [4.78, 5) is 11.8. The van der Waals surface area contributed by atoms with E-state index in [-0.39, 0.29) is 24.0 Å². The van der Waals surface area contributed by atoms with Crippen molar-refractivity contribution in [1.82, 2.24) is 10.3 Å². The van der Waals surface area contributed by atoms with Crippen molar-refractivity contribution in [3.05, 3.63) is 72.3 Å². The van der Waals surface area contributed by atoms with E-state index in [1.165, 1.54) is 43.1 Å². The lowest BCUT2D eigenvalue weighted by atomic mass is 10.2. The standard InChI is InChI=1S/C18H19FN6O/c1-22-17(21)6-7-23-12-14(20)10-16(18-24-8-9-26-18)25-11-13-4-2-3-5-15(13)19/h2-10,12,20,25H,11H2,1H3,(H2,21,22)/b7-6-,16-10-,20-14?,23-12+. The summed E-state index contributed by atoms with van der Waals surface area (Å²) in [5, 5.41) is 11.0. The van der Waals surface area contributed by atoms with Crippen molar-refractivity contribution < 1.29 is 8.81 Å². The molecular formula is C18H19FN6O. The molecular weight excluding hydrogens is 335 g/mol. The first-order valence-electron chi connectivity index (χ1n) is 7.69. The second-order valence-electron chi connectivity index (χ2n) is 5.04. The minimum Gasteiger partial charge on any atom is -0.443 e. The molecule has 0 spiro atoms. The van der Waals surface area contributed by atoms with Crippen molar-refractivity contribution in [2.75, 3.05) is 7.05 Å². The lowest BCUT2D eigenvalue weighted by molar-refractivity contribution is 0.534. The van der Waals surface area contributed by atoms with Gasteiger partial charge >= 0.3 is 0 Å². The van der Waals surface area contributed by atoms with E-state index < -0.39 is 0 Å². The summed E-state index contributed by atoms with van der Waals surface area (Å²) in [6.45, 7) is 0.217. The second kappa shape index (κ2) is 9.67. The van der Waals surface area contributed by atoms with Gasteiger partial charge in [-0.25, -0.2) is 9.37 Å². The molecule has 4 N–H and O–H groups in total. The molecule has 0 saturated heterocycles. The van der Waals surface area contributed by atoms with Crippen LogP contribution in [-0.4, -0.2) is 29.8 Å². The third kappa shape index (κ3) is 5.82. The highest BCUT2D eigenvalue weighted by atomic mass is 19.1. The Morgan fingerprint density at radius 3 is 2.92 bits per heavy atom. The summed E-state index contributed by atoms with van der Waals surface area (Å²) in [6.07, 6.45) is 8.66. The van der Waals surface area contributed by atoms with Crippen LogP contribution >= 0.6 is 0 Å². The van der Waals surface area contributed by atoms with Gasteiger partial charge in [-0.1, -0.05) is 18.2 Å². The molecule has 0 fully saturated rings. The molecule has 0 atom stereocenters. The molecule has 0 unspecified atom stereocenters. The fourth-order valence-electron chi connectivity index (χ4n) is 1.89. The van der Waals surface area contributed by atoms with Crippen LogP contribution in [0.5, 0.6) is 0 Å². The number of oxazole rings is 1. The van der Waals surface area contributed by atoms with Crippen molar-refractivity contribution in [3.8, 4) is 0 Å². The van der Waals surface area contributed by atoms with E-state index in [1.54, 1.807) is 25.2 Å². The molecule has 0 aliphatic heterocycles. The maximum Gasteiger partial charge on any atom is 0.242 e. The van der Waals surface area contributed by atoms with Gasteiger partial charge in [0.1, 0.15) is 23.6 Å². The molecule has 0 bridgehead atoms. The van der Waals surface area contributed by atoms with Crippen LogP contribution in [0.25, 0.3) is 5.70 Å². The van der Waals surface area contributed by atoms with Crippen molar-refractivity contribution in [3.63, 3.8) is 0 Å². The van der Waals surface area contributed by atoms with E-state index >= 15 is 0 Å². The summed E-state index contributed by atoms with van der Waals surface area (Å²) < 4.78 is 19.0. The molecule has 2 rings (SSSR count). The fourth-order valence-corrected chi connectivity index (χ4v) is 1.89. The number of nitrogens with zero attached hydrogens (tertiary/aromatic N) is 3. The van der Waals surface area contributed by atoms with Crippen LogP contribution in [0.4, 0.5) is 4.39 Å². The predicted molar refractivity (Wildman–Crippen MR) is 101 cm³/mol. The first kappa shape index (κ1) is 18.8. The van der Waals surface area contributed by atoms with Crippen LogP contribution in [0.1, 0.15) is 11.5 Å². The normalized spacial score (nSPS) is 12.8. The topological polar surface area (TPSA) is 113 Å². The van der Waals surface area contributed by atoms with Gasteiger partial charge in [0.15, 0.2) is 0 Å². The Morgan fingerprint density at radius 2 is 2.23 bits per heavy atom. The van der Waals surface area contributed by atoms with Crippen molar-refractivity contribution in [2.45, 2.75) is 6.54 Å². The van der Waals surface area contributed by atoms with Crippen LogP contribution in [0.15, 0.2) is 69.5 Å². The number of aromatic nitrogens is 1. The van der Waals surface area contributed by atoms with Gasteiger partial charge in [-0.15, -0.1) is 0 Å². The van der Waals surface area contributed by atoms with E-state index in [0.29, 0.717) is 17.1 Å². The molecule has 26 heavy (non-hydrogen) atoms. The zero-order valence-electron chi connectivity index (χ0n) is 14.2. The van der Waals surface area contributed by atoms with Crippen LogP contribution in [0.3, 0.4) is 0 Å². The molecule has 0 radical (unpaired) electrons. The highest BCUT2D eigenvalue weighted by molar-refractivity contribution is 6.35. The fraction of sp³-hybridized carbons (Fsp3) is 0.111. The third-order valence-electron chi connectivity index (χ3n) is 3.19. The molecule has 1 aromatic heterocycles. The Hall–Kier alpha value is -3.55. The summed E-state index contributed by atoms with van der Waals surface area (Å²) in [6, 6.07) is 6.44. The zero-order valence-corrected chi connectivity index (χ0v) is 14.2. The molecule has 1 aromatic carbocycles. The number of aliphatic imine (C=N–C) groups is 2. The van der Waals surface area contributed by atoms with Gasteiger partial charge in [0.25, 0.3) is 0 Å². The molecule has 0 aliphatic carbocycles. The molecule has 8 heteroatoms. The molecule has 134 valence electrons. The smallest absolute Gasteiger partial charge is 0.242 e. The van der Waals surface area contributed by atoms with E-state index in [0.717, 1.165) is 0 Å². The third-order valence-corrected chi connectivity index (χ3v) is 3.19. The number of hydrogen-bond acceptors (Lipinski definition) is 6. The monoisotopic (exact) mass is 354 g/mol. The van der Waals surface area contributed by atoms with Crippen molar-refractivity contribution >= 4 is 23.5 Å². The number of nitrogens with one attached hydrogen (secondary N) is 2. The Labute approximate surface area is 150 Å². The minimum atomic E-state index is -0.316. The summed E-state index contributed by atoms with van der Waals surface area (Å²) in [5.74, 6) is 0.303. The highest BCUT2D eigenvalue weighted by Crippen LogP contribution is 2.12. The minimum absolute atomic E-state index is 0.0934. The maximum absolute atomic E-state index is 13.8. The van der Waals surface area contributed by atoms with E-state index in [9.17, 15) is 4.39 Å². The first-order chi connectivity index (χ1) is 12.6. The molecule has 0 saturated carbocycles. The molecule has 2 aromatic rings. The SMILES string of the molecule is C\N=C(N)/C=C\N=C\C(=N)/C=C(\NCc1ccccc1F)c1ncco1. The van der Waals surface area contributed by atoms with Gasteiger partial charge in [-0.05, 0) is 18.2 Å². The van der Waals surface area contributed by atoms with Gasteiger partial charge in [0.05, 0.1) is 18.1 Å². The summed E-state index contributed by atoms with van der Waals surface area (Å²) in [7, 11) is 1.57. The van der Waals surface area contributed by atoms with Gasteiger partial charge in [-0.2, -0.15) is 0 Å². The van der Waals surface area contributed by atoms with Crippen LogP contribution in [-0.2, 0) is 6.54 Å². The molecule has 0 aliphatic rings. The number of allylic oxidation sites excluding steroid dienone is 1. The number of benzene rings is 1. The second-order valence-corrected chi connectivity index (χ2v) is 5.04. The quantitative estimate of drug-likeness (QED) is 0.499. The van der Waals surface area contributed by atoms with Gasteiger partial charge in [0, 0.05) is 25.4 Å². The largest absolute Gasteiger partial charge is 0.443 e. The average Bonchev–Trinajstić information content (AvgIpc) is 3.17. The predicted octanol–water partition coefficient (Wildman–Crippen LogP) is 2.54. The lowest BCUT2D eigenvalue weighted by Crippen LogP contribution is -2.14. The molecule has 0 amide bonds. The van der Waals surface area contributed by atoms with Gasteiger partial charge < -0.3 is 15.5 Å². The number of nitrogens with two attached hydrogens (primary N) is 1. The molecule has 7 nitrogen and oxygen atoms in total. The van der Waals surface area contributed by atoms with Crippen LogP contribution < -0.4 is 11.1 Å². The van der Waals surface area contributed by atoms with Crippen molar-refractivity contribution in [2.24, 2.45) is 15.7 Å². The zero-order chi connectivity index (χ0) is 18.8. The number of amidine groups is 1. The summed E-state index contributed by atoms with van der Waals surface area (Å²) >= 11 is 0. The molecule has 1 heterocycles. The van der Waals surface area contributed by atoms with Crippen LogP contribution in [0.2, 0.25) is 0 Å². The van der Waals surface area contributed by atoms with E-state index in [2.05, 4.69) is 20.3 Å². The number of hydrogen-bond donors (Lipinski definition) is 3. The Bertz CT molecular complexity index is 852. The van der Waals surface area contributed by atoms with Gasteiger partial charge in [-0.3, -0.25) is 15.4 Å². The van der Waals surface area contributed by atoms with Crippen molar-refractivity contribution in [1.29, 1.82) is 5.41 Å². The summed E-state index contributed by atoms with van der Waals surface area (Å²) in [5.41, 5.74) is 6.52. The Kier molecular flexibility index (Phi) is 6.99. The highest BCUT2D eigenvalue weighted by Gasteiger charge is 2.08. The lowest BCUT2D eigenvalue weighted by Gasteiger charge is -2.08. The number of rotatable bonds is 8. The van der Waals surface area contributed by atoms with Crippen LogP contribution in [0, 0.1) is 11.2 Å². The Balaban J connectivity index is 2.11. The maximum atomic E-state index is 13.8. The number of halogens is 1. The van der Waals surface area contributed by atoms with E-state index in [4.69, 9.17) is 15.6 Å². The average molecular weight is 354 g/mol. The Morgan fingerprint density at radius 1 is 1.42 bits per heavy atom. The van der Waals surface area contributed by atoms with E-state index in [1.807, 2.05) is 0 Å². The van der Waals surface area contributed by atoms with Gasteiger partial charge in [0.2, 0.25) is 5.89 Å².